The number of alkyl halides is 2. The third-order valence-electron chi connectivity index (χ3n) is 6.10. The Labute approximate surface area is 200 Å². The lowest BCUT2D eigenvalue weighted by atomic mass is 10.0. The number of rotatable bonds is 6. The Morgan fingerprint density at radius 3 is 2.69 bits per heavy atom. The molecule has 0 radical (unpaired) electrons. The third-order valence-corrected chi connectivity index (χ3v) is 6.10. The third kappa shape index (κ3) is 5.12. The van der Waals surface area contributed by atoms with Crippen molar-refractivity contribution in [2.45, 2.75) is 25.3 Å². The normalized spacial score (nSPS) is 15.7. The second-order valence-corrected chi connectivity index (χ2v) is 8.59. The van der Waals surface area contributed by atoms with Crippen molar-refractivity contribution in [2.75, 3.05) is 25.5 Å². The zero-order valence-corrected chi connectivity index (χ0v) is 19.1. The lowest BCUT2D eigenvalue weighted by Gasteiger charge is -2.31. The van der Waals surface area contributed by atoms with E-state index in [1.807, 2.05) is 29.2 Å². The van der Waals surface area contributed by atoms with Crippen molar-refractivity contribution in [3.05, 3.63) is 66.2 Å². The first kappa shape index (κ1) is 22.9. The molecule has 180 valence electrons. The lowest BCUT2D eigenvalue weighted by Crippen LogP contribution is -2.38. The number of likely N-dealkylation sites (tertiary alicyclic amines) is 1. The monoisotopic (exact) mass is 478 g/mol. The SMILES string of the molecule is COc1ccc(NC(=O)c2n[nH]c3ccc(-c4cncc(CN5CCC(F)(F)CC5)c4)cc23)cn1. The average molecular weight is 479 g/mol. The summed E-state index contributed by atoms with van der Waals surface area (Å²) in [6, 6.07) is 11.0. The van der Waals surface area contributed by atoms with Crippen LogP contribution >= 0.6 is 0 Å². The Morgan fingerprint density at radius 2 is 1.94 bits per heavy atom. The first-order chi connectivity index (χ1) is 16.9. The second kappa shape index (κ2) is 9.38. The van der Waals surface area contributed by atoms with Crippen molar-refractivity contribution in [3.63, 3.8) is 0 Å². The van der Waals surface area contributed by atoms with Gasteiger partial charge in [0.2, 0.25) is 5.88 Å². The number of hydrogen-bond acceptors (Lipinski definition) is 6. The van der Waals surface area contributed by atoms with Crippen LogP contribution in [0.5, 0.6) is 5.88 Å². The van der Waals surface area contributed by atoms with Crippen LogP contribution in [0.3, 0.4) is 0 Å². The van der Waals surface area contributed by atoms with Gasteiger partial charge in [0.15, 0.2) is 5.69 Å². The fourth-order valence-electron chi connectivity index (χ4n) is 4.16. The molecule has 1 fully saturated rings. The number of benzene rings is 1. The molecule has 1 aliphatic heterocycles. The zero-order valence-electron chi connectivity index (χ0n) is 19.1. The molecule has 35 heavy (non-hydrogen) atoms. The summed E-state index contributed by atoms with van der Waals surface area (Å²) < 4.78 is 32.0. The largest absolute Gasteiger partial charge is 0.481 e. The Hall–Kier alpha value is -3.92. The van der Waals surface area contributed by atoms with Gasteiger partial charge in [-0.05, 0) is 35.4 Å². The number of anilines is 1. The van der Waals surface area contributed by atoms with Gasteiger partial charge in [0.05, 0.1) is 24.5 Å². The molecule has 0 saturated carbocycles. The molecule has 4 heterocycles. The van der Waals surface area contributed by atoms with Crippen molar-refractivity contribution in [3.8, 4) is 17.0 Å². The number of pyridine rings is 2. The number of piperidine rings is 1. The highest BCUT2D eigenvalue weighted by Crippen LogP contribution is 2.30. The van der Waals surface area contributed by atoms with E-state index in [4.69, 9.17) is 4.74 Å². The predicted molar refractivity (Wildman–Crippen MR) is 128 cm³/mol. The molecule has 1 amide bonds. The minimum absolute atomic E-state index is 0.116. The number of methoxy groups -OCH3 is 1. The van der Waals surface area contributed by atoms with Crippen molar-refractivity contribution in [1.29, 1.82) is 0 Å². The number of ether oxygens (including phenoxy) is 1. The number of nitrogens with zero attached hydrogens (tertiary/aromatic N) is 4. The number of nitrogens with one attached hydrogen (secondary N) is 2. The molecule has 10 heteroatoms. The summed E-state index contributed by atoms with van der Waals surface area (Å²) >= 11 is 0. The van der Waals surface area contributed by atoms with Crippen LogP contribution < -0.4 is 10.1 Å². The Morgan fingerprint density at radius 1 is 1.11 bits per heavy atom. The first-order valence-electron chi connectivity index (χ1n) is 11.2. The summed E-state index contributed by atoms with van der Waals surface area (Å²) in [5.41, 5.74) is 4.21. The number of carbonyl (C=O) groups excluding carboxylic acids is 1. The van der Waals surface area contributed by atoms with Gasteiger partial charge in [-0.25, -0.2) is 13.8 Å². The van der Waals surface area contributed by atoms with Crippen LogP contribution in [0.1, 0.15) is 28.9 Å². The van der Waals surface area contributed by atoms with Crippen molar-refractivity contribution < 1.29 is 18.3 Å². The van der Waals surface area contributed by atoms with Crippen LogP contribution in [0.2, 0.25) is 0 Å². The van der Waals surface area contributed by atoms with E-state index in [0.29, 0.717) is 36.6 Å². The number of fused-ring (bicyclic) bond motifs is 1. The highest BCUT2D eigenvalue weighted by Gasteiger charge is 2.33. The molecule has 1 saturated heterocycles. The molecule has 8 nitrogen and oxygen atoms in total. The van der Waals surface area contributed by atoms with Gasteiger partial charge in [-0.3, -0.25) is 19.8 Å². The highest BCUT2D eigenvalue weighted by molar-refractivity contribution is 6.11. The van der Waals surface area contributed by atoms with Gasteiger partial charge < -0.3 is 10.1 Å². The molecule has 0 spiro atoms. The molecular formula is C25H24F2N6O2. The minimum atomic E-state index is -2.56. The van der Waals surface area contributed by atoms with Crippen LogP contribution in [0.25, 0.3) is 22.0 Å². The summed E-state index contributed by atoms with van der Waals surface area (Å²) in [6.07, 6.45) is 4.79. The smallest absolute Gasteiger partial charge is 0.276 e. The zero-order chi connectivity index (χ0) is 24.4. The van der Waals surface area contributed by atoms with Crippen molar-refractivity contribution in [1.82, 2.24) is 25.1 Å². The van der Waals surface area contributed by atoms with E-state index in [9.17, 15) is 13.6 Å². The standard InChI is InChI=1S/C25H24F2N6O2/c1-35-22-5-3-19(14-29-22)30-24(34)23-20-11-17(2-4-21(20)31-32-23)18-10-16(12-28-13-18)15-33-8-6-25(26,27)7-9-33/h2-5,10-14H,6-9,15H2,1H3,(H,30,34)(H,31,32). The van der Waals surface area contributed by atoms with E-state index in [1.54, 1.807) is 24.5 Å². The molecule has 0 aliphatic carbocycles. The average Bonchev–Trinajstić information content (AvgIpc) is 3.29. The van der Waals surface area contributed by atoms with Crippen molar-refractivity contribution >= 4 is 22.5 Å². The van der Waals surface area contributed by atoms with Gasteiger partial charge in [0, 0.05) is 61.9 Å². The molecule has 1 aliphatic rings. The summed E-state index contributed by atoms with van der Waals surface area (Å²) in [5.74, 6) is -2.48. The van der Waals surface area contributed by atoms with Gasteiger partial charge in [0.1, 0.15) is 0 Å². The Balaban J connectivity index is 1.35. The molecule has 4 aromatic rings. The number of halogens is 2. The van der Waals surface area contributed by atoms with E-state index >= 15 is 0 Å². The number of aromatic amines is 1. The first-order valence-corrected chi connectivity index (χ1v) is 11.2. The van der Waals surface area contributed by atoms with E-state index in [1.165, 1.54) is 13.3 Å². The number of aromatic nitrogens is 4. The lowest BCUT2D eigenvalue weighted by molar-refractivity contribution is -0.0566. The number of H-pyrrole nitrogens is 1. The molecule has 1 aromatic carbocycles. The molecule has 0 unspecified atom stereocenters. The minimum Gasteiger partial charge on any atom is -0.481 e. The van der Waals surface area contributed by atoms with Crippen LogP contribution in [0, 0.1) is 0 Å². The number of hydrogen-bond donors (Lipinski definition) is 2. The van der Waals surface area contributed by atoms with Gasteiger partial charge in [0.25, 0.3) is 11.8 Å². The van der Waals surface area contributed by atoms with E-state index in [2.05, 4.69) is 25.5 Å². The molecular weight excluding hydrogens is 454 g/mol. The van der Waals surface area contributed by atoms with Crippen LogP contribution in [-0.4, -0.2) is 57.1 Å². The summed E-state index contributed by atoms with van der Waals surface area (Å²) in [6.45, 7) is 1.29. The van der Waals surface area contributed by atoms with E-state index in [0.717, 1.165) is 22.2 Å². The van der Waals surface area contributed by atoms with E-state index in [-0.39, 0.29) is 24.4 Å². The summed E-state index contributed by atoms with van der Waals surface area (Å²) in [7, 11) is 1.52. The summed E-state index contributed by atoms with van der Waals surface area (Å²) in [4.78, 5) is 23.4. The summed E-state index contributed by atoms with van der Waals surface area (Å²) in [5, 5.41) is 10.6. The highest BCUT2D eigenvalue weighted by atomic mass is 19.3. The number of carbonyl (C=O) groups is 1. The maximum atomic E-state index is 13.5. The Bertz CT molecular complexity index is 1350. The Kier molecular flexibility index (Phi) is 6.12. The maximum absolute atomic E-state index is 13.5. The predicted octanol–water partition coefficient (Wildman–Crippen LogP) is 4.51. The number of amides is 1. The maximum Gasteiger partial charge on any atom is 0.276 e. The van der Waals surface area contributed by atoms with Crippen molar-refractivity contribution in [2.24, 2.45) is 0 Å². The van der Waals surface area contributed by atoms with Crippen LogP contribution in [0.15, 0.2) is 55.0 Å². The van der Waals surface area contributed by atoms with Gasteiger partial charge in [-0.15, -0.1) is 0 Å². The van der Waals surface area contributed by atoms with Crippen LogP contribution in [-0.2, 0) is 6.54 Å². The van der Waals surface area contributed by atoms with Gasteiger partial charge in [-0.2, -0.15) is 5.10 Å². The van der Waals surface area contributed by atoms with Gasteiger partial charge >= 0.3 is 0 Å². The topological polar surface area (TPSA) is 96.0 Å². The van der Waals surface area contributed by atoms with E-state index < -0.39 is 5.92 Å². The molecule has 5 rings (SSSR count). The molecule has 2 N–H and O–H groups in total. The second-order valence-electron chi connectivity index (χ2n) is 8.59. The molecule has 0 atom stereocenters. The quantitative estimate of drug-likeness (QED) is 0.423. The van der Waals surface area contributed by atoms with Crippen LogP contribution in [0.4, 0.5) is 14.5 Å². The molecule has 0 bridgehead atoms. The fourth-order valence-corrected chi connectivity index (χ4v) is 4.16. The fraction of sp³-hybridized carbons (Fsp3) is 0.280. The molecule has 3 aromatic heterocycles. The van der Waals surface area contributed by atoms with Gasteiger partial charge in [-0.1, -0.05) is 6.07 Å².